The molecule has 0 bridgehead atoms. The van der Waals surface area contributed by atoms with Crippen molar-refractivity contribution in [1.82, 2.24) is 5.32 Å². The Balaban J connectivity index is 2.16. The molecule has 1 aromatic rings. The molecule has 0 aromatic heterocycles. The standard InChI is InChI=1S/C14H21BrN2S/c1-14(2)10-17(6-7-18-14)12-5-4-11(9-16-3)13(15)8-12/h4-5,8,16H,6-7,9-10H2,1-3H3. The molecule has 4 heteroatoms. The van der Waals surface area contributed by atoms with Crippen LogP contribution in [0.5, 0.6) is 0 Å². The Bertz CT molecular complexity index is 420. The second-order valence-electron chi connectivity index (χ2n) is 5.34. The maximum absolute atomic E-state index is 3.67. The largest absolute Gasteiger partial charge is 0.369 e. The molecule has 2 rings (SSSR count). The first-order chi connectivity index (χ1) is 8.52. The molecule has 0 amide bonds. The zero-order chi connectivity index (χ0) is 13.2. The van der Waals surface area contributed by atoms with E-state index in [0.717, 1.165) is 19.6 Å². The van der Waals surface area contributed by atoms with Gasteiger partial charge in [-0.3, -0.25) is 0 Å². The van der Waals surface area contributed by atoms with Crippen LogP contribution in [0.4, 0.5) is 5.69 Å². The summed E-state index contributed by atoms with van der Waals surface area (Å²) >= 11 is 5.74. The van der Waals surface area contributed by atoms with Crippen LogP contribution in [0.2, 0.25) is 0 Å². The van der Waals surface area contributed by atoms with Crippen molar-refractivity contribution in [2.24, 2.45) is 0 Å². The Morgan fingerprint density at radius 2 is 2.22 bits per heavy atom. The van der Waals surface area contributed by atoms with Crippen LogP contribution in [-0.4, -0.2) is 30.6 Å². The van der Waals surface area contributed by atoms with Crippen LogP contribution in [0.1, 0.15) is 19.4 Å². The quantitative estimate of drug-likeness (QED) is 0.914. The highest BCUT2D eigenvalue weighted by Crippen LogP contribution is 2.33. The zero-order valence-electron chi connectivity index (χ0n) is 11.3. The third kappa shape index (κ3) is 3.43. The molecule has 1 heterocycles. The monoisotopic (exact) mass is 328 g/mol. The lowest BCUT2D eigenvalue weighted by Gasteiger charge is -2.39. The van der Waals surface area contributed by atoms with Gasteiger partial charge in [0.1, 0.15) is 0 Å². The van der Waals surface area contributed by atoms with Crippen LogP contribution in [-0.2, 0) is 6.54 Å². The van der Waals surface area contributed by atoms with Gasteiger partial charge in [0.2, 0.25) is 0 Å². The van der Waals surface area contributed by atoms with Crippen molar-refractivity contribution >= 4 is 33.4 Å². The highest BCUT2D eigenvalue weighted by Gasteiger charge is 2.27. The number of rotatable bonds is 3. The van der Waals surface area contributed by atoms with Crippen molar-refractivity contribution in [3.8, 4) is 0 Å². The minimum absolute atomic E-state index is 0.356. The maximum atomic E-state index is 3.67. The lowest BCUT2D eigenvalue weighted by atomic mass is 10.1. The van der Waals surface area contributed by atoms with Crippen LogP contribution in [0, 0.1) is 0 Å². The van der Waals surface area contributed by atoms with Crippen molar-refractivity contribution in [3.05, 3.63) is 28.2 Å². The Hall–Kier alpha value is -0.190. The van der Waals surface area contributed by atoms with Crippen molar-refractivity contribution in [3.63, 3.8) is 0 Å². The van der Waals surface area contributed by atoms with E-state index in [1.807, 2.05) is 7.05 Å². The summed E-state index contributed by atoms with van der Waals surface area (Å²) in [7, 11) is 1.98. The first-order valence-electron chi connectivity index (χ1n) is 6.34. The fraction of sp³-hybridized carbons (Fsp3) is 0.571. The van der Waals surface area contributed by atoms with Gasteiger partial charge in [-0.2, -0.15) is 11.8 Å². The molecule has 1 saturated heterocycles. The third-order valence-corrected chi connectivity index (χ3v) is 5.23. The van der Waals surface area contributed by atoms with Crippen LogP contribution < -0.4 is 10.2 Å². The lowest BCUT2D eigenvalue weighted by molar-refractivity contribution is 0.647. The minimum atomic E-state index is 0.356. The second kappa shape index (κ2) is 5.85. The number of nitrogens with zero attached hydrogens (tertiary/aromatic N) is 1. The van der Waals surface area contributed by atoms with E-state index in [9.17, 15) is 0 Å². The van der Waals surface area contributed by atoms with Crippen molar-refractivity contribution in [1.29, 1.82) is 0 Å². The van der Waals surface area contributed by atoms with E-state index in [-0.39, 0.29) is 0 Å². The van der Waals surface area contributed by atoms with Crippen LogP contribution in [0.15, 0.2) is 22.7 Å². The molecule has 18 heavy (non-hydrogen) atoms. The molecule has 1 aliphatic heterocycles. The van der Waals surface area contributed by atoms with Gasteiger partial charge in [-0.05, 0) is 38.6 Å². The normalized spacial score (nSPS) is 19.0. The number of halogens is 1. The molecule has 0 spiro atoms. The Labute approximate surface area is 123 Å². The van der Waals surface area contributed by atoms with Crippen LogP contribution in [0.3, 0.4) is 0 Å². The predicted octanol–water partition coefficient (Wildman–Crippen LogP) is 3.50. The fourth-order valence-electron chi connectivity index (χ4n) is 2.30. The summed E-state index contributed by atoms with van der Waals surface area (Å²) in [5.41, 5.74) is 2.64. The summed E-state index contributed by atoms with van der Waals surface area (Å²) in [6, 6.07) is 6.70. The molecule has 0 atom stereocenters. The average Bonchev–Trinajstić information content (AvgIpc) is 2.30. The van der Waals surface area contributed by atoms with Crippen LogP contribution in [0.25, 0.3) is 0 Å². The van der Waals surface area contributed by atoms with Gasteiger partial charge >= 0.3 is 0 Å². The summed E-state index contributed by atoms with van der Waals surface area (Å²) in [5.74, 6) is 1.21. The fourth-order valence-corrected chi connectivity index (χ4v) is 3.92. The van der Waals surface area contributed by atoms with Gasteiger partial charge in [0.25, 0.3) is 0 Å². The van der Waals surface area contributed by atoms with Crippen LogP contribution >= 0.6 is 27.7 Å². The highest BCUT2D eigenvalue weighted by atomic mass is 79.9. The molecule has 0 unspecified atom stereocenters. The van der Waals surface area contributed by atoms with Gasteiger partial charge in [-0.1, -0.05) is 22.0 Å². The minimum Gasteiger partial charge on any atom is -0.369 e. The van der Waals surface area contributed by atoms with E-state index in [4.69, 9.17) is 0 Å². The molecule has 0 radical (unpaired) electrons. The molecular formula is C14H21BrN2S. The Morgan fingerprint density at radius 3 is 2.83 bits per heavy atom. The van der Waals surface area contributed by atoms with E-state index < -0.39 is 0 Å². The van der Waals surface area contributed by atoms with Gasteiger partial charge in [-0.15, -0.1) is 0 Å². The number of hydrogen-bond donors (Lipinski definition) is 1. The van der Waals surface area contributed by atoms with E-state index in [1.54, 1.807) is 0 Å². The Kier molecular flexibility index (Phi) is 4.62. The molecule has 0 saturated carbocycles. The zero-order valence-corrected chi connectivity index (χ0v) is 13.7. The smallest absolute Gasteiger partial charge is 0.0378 e. The predicted molar refractivity (Wildman–Crippen MR) is 85.7 cm³/mol. The van der Waals surface area contributed by atoms with Crippen molar-refractivity contribution in [2.75, 3.05) is 30.8 Å². The van der Waals surface area contributed by atoms with Crippen molar-refractivity contribution in [2.45, 2.75) is 25.1 Å². The number of benzene rings is 1. The molecule has 0 aliphatic carbocycles. The number of thioether (sulfide) groups is 1. The summed E-state index contributed by atoms with van der Waals surface area (Å²) < 4.78 is 1.55. The topological polar surface area (TPSA) is 15.3 Å². The summed E-state index contributed by atoms with van der Waals surface area (Å²) in [6.45, 7) is 7.83. The van der Waals surface area contributed by atoms with Gasteiger partial charge in [0.05, 0.1) is 0 Å². The third-order valence-electron chi connectivity index (χ3n) is 3.19. The molecule has 100 valence electrons. The van der Waals surface area contributed by atoms with Gasteiger partial charge in [0.15, 0.2) is 0 Å². The Morgan fingerprint density at radius 1 is 1.44 bits per heavy atom. The van der Waals surface area contributed by atoms with Gasteiger partial charge < -0.3 is 10.2 Å². The van der Waals surface area contributed by atoms with E-state index in [0.29, 0.717) is 4.75 Å². The van der Waals surface area contributed by atoms with Crippen molar-refractivity contribution < 1.29 is 0 Å². The van der Waals surface area contributed by atoms with E-state index in [2.05, 4.69) is 70.0 Å². The highest BCUT2D eigenvalue weighted by molar-refractivity contribution is 9.10. The number of nitrogens with one attached hydrogen (secondary N) is 1. The first-order valence-corrected chi connectivity index (χ1v) is 8.12. The molecular weight excluding hydrogens is 308 g/mol. The molecule has 2 nitrogen and oxygen atoms in total. The van der Waals surface area contributed by atoms with E-state index >= 15 is 0 Å². The summed E-state index contributed by atoms with van der Waals surface area (Å²) in [6.07, 6.45) is 0. The second-order valence-corrected chi connectivity index (χ2v) is 7.99. The number of hydrogen-bond acceptors (Lipinski definition) is 3. The first kappa shape index (κ1) is 14.2. The average molecular weight is 329 g/mol. The summed E-state index contributed by atoms with van der Waals surface area (Å²) in [4.78, 5) is 2.49. The maximum Gasteiger partial charge on any atom is 0.0378 e. The van der Waals surface area contributed by atoms with Gasteiger partial charge in [0, 0.05) is 40.3 Å². The molecule has 1 fully saturated rings. The number of anilines is 1. The van der Waals surface area contributed by atoms with Gasteiger partial charge in [-0.25, -0.2) is 0 Å². The molecule has 1 aromatic carbocycles. The van der Waals surface area contributed by atoms with E-state index in [1.165, 1.54) is 21.5 Å². The molecule has 1 aliphatic rings. The summed E-state index contributed by atoms with van der Waals surface area (Å²) in [5, 5.41) is 3.19. The lowest BCUT2D eigenvalue weighted by Crippen LogP contribution is -2.43. The molecule has 1 N–H and O–H groups in total. The SMILES string of the molecule is CNCc1ccc(N2CCSC(C)(C)C2)cc1Br.